The van der Waals surface area contributed by atoms with Crippen LogP contribution in [0.3, 0.4) is 0 Å². The molecule has 31 heavy (non-hydrogen) atoms. The molecule has 5 rings (SSSR count). The summed E-state index contributed by atoms with van der Waals surface area (Å²) in [5.74, 6) is 0.316. The van der Waals surface area contributed by atoms with E-state index in [1.165, 1.54) is 33.5 Å². The molecule has 3 heterocycles. The second-order valence-electron chi connectivity index (χ2n) is 11.1. The maximum atomic E-state index is 8.43. The fourth-order valence-electron chi connectivity index (χ4n) is 6.20. The molecule has 0 aliphatic carbocycles. The SMILES string of the molecule is [2H]C([2H])([2H])c1ccc2c3c1c1cccc(C(C)C)c1c1n(C(C)C)c(C)c([n+]31)C(C)(C)C2(C)C. The number of imidazole rings is 1. The van der Waals surface area contributed by atoms with Gasteiger partial charge in [0.2, 0.25) is 0 Å². The first-order valence-corrected chi connectivity index (χ1v) is 11.6. The van der Waals surface area contributed by atoms with Crippen LogP contribution < -0.4 is 4.40 Å². The van der Waals surface area contributed by atoms with Gasteiger partial charge in [-0.2, -0.15) is 4.40 Å². The van der Waals surface area contributed by atoms with Crippen molar-refractivity contribution in [3.05, 3.63) is 58.4 Å². The Hall–Kier alpha value is -2.35. The maximum Gasteiger partial charge on any atom is 0.295 e. The molecular formula is C29H37N2+. The molecule has 0 bridgehead atoms. The molecule has 0 saturated carbocycles. The van der Waals surface area contributed by atoms with Gasteiger partial charge in [0, 0.05) is 38.2 Å². The Kier molecular flexibility index (Phi) is 3.40. The lowest BCUT2D eigenvalue weighted by molar-refractivity contribution is -0.500. The number of benzene rings is 2. The highest BCUT2D eigenvalue weighted by Gasteiger charge is 2.52. The molecule has 1 aliphatic heterocycles. The Balaban J connectivity index is 2.29. The summed E-state index contributed by atoms with van der Waals surface area (Å²) < 4.78 is 30.2. The zero-order chi connectivity index (χ0) is 25.1. The Morgan fingerprint density at radius 1 is 0.935 bits per heavy atom. The minimum Gasteiger partial charge on any atom is -0.225 e. The number of fused-ring (bicyclic) bond motifs is 3. The summed E-state index contributed by atoms with van der Waals surface area (Å²) in [6.45, 7) is 18.3. The van der Waals surface area contributed by atoms with Crippen LogP contribution in [0.4, 0.5) is 0 Å². The van der Waals surface area contributed by atoms with Crippen LogP contribution in [-0.4, -0.2) is 4.57 Å². The number of hydrogen-bond acceptors (Lipinski definition) is 0. The second kappa shape index (κ2) is 6.12. The molecule has 4 aromatic rings. The lowest BCUT2D eigenvalue weighted by Crippen LogP contribution is -2.51. The summed E-state index contributed by atoms with van der Waals surface area (Å²) in [5, 5.41) is 3.13. The first-order chi connectivity index (χ1) is 15.6. The lowest BCUT2D eigenvalue weighted by atomic mass is 9.60. The van der Waals surface area contributed by atoms with Crippen LogP contribution in [0.15, 0.2) is 30.3 Å². The number of aromatic nitrogens is 2. The molecule has 0 radical (unpaired) electrons. The van der Waals surface area contributed by atoms with Crippen molar-refractivity contribution in [2.45, 2.75) is 92.0 Å². The molecule has 0 N–H and O–H groups in total. The van der Waals surface area contributed by atoms with Crippen molar-refractivity contribution >= 4 is 27.3 Å². The highest BCUT2D eigenvalue weighted by molar-refractivity contribution is 6.13. The summed E-state index contributed by atoms with van der Waals surface area (Å²) in [7, 11) is 0. The summed E-state index contributed by atoms with van der Waals surface area (Å²) in [6.07, 6.45) is 0. The normalized spacial score (nSPS) is 19.0. The van der Waals surface area contributed by atoms with E-state index < -0.39 is 6.85 Å². The summed E-state index contributed by atoms with van der Waals surface area (Å²) in [5.41, 5.74) is 7.43. The van der Waals surface area contributed by atoms with E-state index in [4.69, 9.17) is 4.11 Å². The molecule has 0 fully saturated rings. The van der Waals surface area contributed by atoms with Crippen LogP contribution in [0.2, 0.25) is 0 Å². The number of hydrogen-bond donors (Lipinski definition) is 0. The topological polar surface area (TPSA) is 9.03 Å². The van der Waals surface area contributed by atoms with E-state index in [1.807, 2.05) is 6.07 Å². The highest BCUT2D eigenvalue weighted by atomic mass is 15.2. The van der Waals surface area contributed by atoms with Gasteiger partial charge in [0.05, 0.1) is 11.4 Å². The van der Waals surface area contributed by atoms with Crippen molar-refractivity contribution in [2.24, 2.45) is 0 Å². The van der Waals surface area contributed by atoms with Gasteiger partial charge < -0.3 is 0 Å². The van der Waals surface area contributed by atoms with E-state index in [0.29, 0.717) is 11.5 Å². The number of nitrogens with zero attached hydrogens (tertiary/aromatic N) is 2. The number of pyridine rings is 1. The summed E-state index contributed by atoms with van der Waals surface area (Å²) in [4.78, 5) is 0. The second-order valence-corrected chi connectivity index (χ2v) is 11.1. The first-order valence-electron chi connectivity index (χ1n) is 13.1. The molecule has 0 spiro atoms. The van der Waals surface area contributed by atoms with E-state index in [2.05, 4.69) is 95.5 Å². The third-order valence-corrected chi connectivity index (χ3v) is 8.33. The third kappa shape index (κ3) is 2.26. The van der Waals surface area contributed by atoms with E-state index in [9.17, 15) is 0 Å². The zero-order valence-electron chi connectivity index (χ0n) is 23.4. The van der Waals surface area contributed by atoms with Gasteiger partial charge >= 0.3 is 0 Å². The van der Waals surface area contributed by atoms with Crippen LogP contribution in [0.25, 0.3) is 27.3 Å². The Morgan fingerprint density at radius 3 is 2.26 bits per heavy atom. The third-order valence-electron chi connectivity index (χ3n) is 8.33. The van der Waals surface area contributed by atoms with Gasteiger partial charge in [0.25, 0.3) is 5.65 Å². The van der Waals surface area contributed by atoms with Crippen molar-refractivity contribution in [1.82, 2.24) is 4.57 Å². The molecule has 2 aromatic heterocycles. The van der Waals surface area contributed by atoms with Crippen LogP contribution in [0.5, 0.6) is 0 Å². The highest BCUT2D eigenvalue weighted by Crippen LogP contribution is 2.51. The molecule has 2 heteroatoms. The van der Waals surface area contributed by atoms with Crippen LogP contribution in [0.1, 0.15) is 99.5 Å². The summed E-state index contributed by atoms with van der Waals surface area (Å²) in [6, 6.07) is 10.7. The molecular weight excluding hydrogens is 376 g/mol. The molecule has 162 valence electrons. The molecule has 0 unspecified atom stereocenters. The molecule has 2 nitrogen and oxygen atoms in total. The van der Waals surface area contributed by atoms with Gasteiger partial charge in [-0.25, -0.2) is 4.57 Å². The quantitative estimate of drug-likeness (QED) is 0.237. The van der Waals surface area contributed by atoms with Crippen molar-refractivity contribution in [1.29, 1.82) is 0 Å². The van der Waals surface area contributed by atoms with Gasteiger partial charge in [-0.15, -0.1) is 0 Å². The summed E-state index contributed by atoms with van der Waals surface area (Å²) >= 11 is 0. The Bertz CT molecular complexity index is 1500. The van der Waals surface area contributed by atoms with Crippen molar-refractivity contribution in [3.63, 3.8) is 0 Å². The van der Waals surface area contributed by atoms with E-state index in [1.54, 1.807) is 0 Å². The smallest absolute Gasteiger partial charge is 0.225 e. The van der Waals surface area contributed by atoms with Crippen LogP contribution in [-0.2, 0) is 10.8 Å². The van der Waals surface area contributed by atoms with Gasteiger partial charge in [-0.05, 0) is 37.7 Å². The van der Waals surface area contributed by atoms with Crippen molar-refractivity contribution < 1.29 is 8.51 Å². The lowest BCUT2D eigenvalue weighted by Gasteiger charge is -2.43. The monoisotopic (exact) mass is 416 g/mol. The standard InChI is InChI=1S/C29H37N2/c1-16(2)20-12-11-13-21-23-18(5)14-15-22-25(23)31-26(29(9,10)28(22,7)8)19(6)30(17(3)4)27(31)24(20)21/h11-17H,1-10H3/q+1/i5D3. The fraction of sp³-hybridized carbons (Fsp3) is 0.483. The Morgan fingerprint density at radius 2 is 1.65 bits per heavy atom. The predicted octanol–water partition coefficient (Wildman–Crippen LogP) is 7.42. The van der Waals surface area contributed by atoms with E-state index >= 15 is 0 Å². The molecule has 0 saturated heterocycles. The fourth-order valence-corrected chi connectivity index (χ4v) is 6.20. The average molecular weight is 417 g/mol. The van der Waals surface area contributed by atoms with E-state index in [-0.39, 0.29) is 16.9 Å². The number of aryl methyl sites for hydroxylation is 1. The van der Waals surface area contributed by atoms with Gasteiger partial charge in [-0.1, -0.05) is 71.9 Å². The molecule has 2 aromatic carbocycles. The predicted molar refractivity (Wildman–Crippen MR) is 133 cm³/mol. The van der Waals surface area contributed by atoms with Crippen LogP contribution in [0, 0.1) is 13.8 Å². The minimum atomic E-state index is -2.19. The largest absolute Gasteiger partial charge is 0.295 e. The molecule has 1 aliphatic rings. The van der Waals surface area contributed by atoms with Gasteiger partial charge in [0.1, 0.15) is 11.2 Å². The Labute approximate surface area is 191 Å². The average Bonchev–Trinajstić information content (AvgIpc) is 3.04. The van der Waals surface area contributed by atoms with Crippen molar-refractivity contribution in [2.75, 3.05) is 0 Å². The molecule has 0 atom stereocenters. The van der Waals surface area contributed by atoms with Crippen molar-refractivity contribution in [3.8, 4) is 0 Å². The molecule has 0 amide bonds. The van der Waals surface area contributed by atoms with Gasteiger partial charge in [0.15, 0.2) is 5.69 Å². The number of rotatable bonds is 2. The minimum absolute atomic E-state index is 0.151. The maximum absolute atomic E-state index is 8.43. The van der Waals surface area contributed by atoms with Gasteiger partial charge in [-0.3, -0.25) is 0 Å². The van der Waals surface area contributed by atoms with Crippen LogP contribution >= 0.6 is 0 Å². The first kappa shape index (κ1) is 17.2. The zero-order valence-corrected chi connectivity index (χ0v) is 20.4. The van der Waals surface area contributed by atoms with E-state index in [0.717, 1.165) is 16.3 Å².